The molecule has 1 saturated carbocycles. The summed E-state index contributed by atoms with van der Waals surface area (Å²) in [6.45, 7) is 8.07. The van der Waals surface area contributed by atoms with Crippen molar-refractivity contribution in [2.24, 2.45) is 17.3 Å². The van der Waals surface area contributed by atoms with Crippen molar-refractivity contribution in [3.8, 4) is 0 Å². The molecule has 1 aliphatic heterocycles. The summed E-state index contributed by atoms with van der Waals surface area (Å²) in [6, 6.07) is 8.90. The van der Waals surface area contributed by atoms with Gasteiger partial charge in [0.05, 0.1) is 24.5 Å². The molecule has 2 aromatic rings. The van der Waals surface area contributed by atoms with Crippen molar-refractivity contribution in [3.63, 3.8) is 0 Å². The SMILES string of the molecule is COC(=O)[C@@H](C)C[C@H](Cc1ccccc1)NC(=O)c1csc([C@@H](C[C@H](C(C)C)N(C)C(=O)C2(CC(=O)[C@H]3CCCCN3C)CCCC2)OC(C)=O)n1.[Tb].[Tb].[Tb].[Tb].[Tb].[Tb].[Tb].[Tb].[Tb].[Tb].[Tb].[Tb].[Tb].[Tb].[Tb].[Tb].[Tb].[Tb].[Tb].[Tb].[Tb].[Tb].[Tb].[Tb].[Tb].[Tb].[Tb].[Tb].[Tb].[Tb].[Tb].[Tb].[Tb].[Tb].[Tb].[Tb].[Tb].[Tb].[Tb].[Tb].[Tb].[Tb].[Tb].[Tb].[Tb].[Tb].[Tb].[Tb].[Tb].[Tb].[Tb].[Tb]. The van der Waals surface area contributed by atoms with Gasteiger partial charge in [-0.1, -0.05) is 70.4 Å². The van der Waals surface area contributed by atoms with Gasteiger partial charge in [0.15, 0.2) is 11.9 Å². The monoisotopic (exact) mass is 9000 g/mol. The van der Waals surface area contributed by atoms with Gasteiger partial charge in [-0.05, 0) is 63.6 Å². The van der Waals surface area contributed by atoms with Crippen LogP contribution in [-0.4, -0.2) is 90.2 Å². The molecule has 5 atom stereocenters. The molecule has 11 nitrogen and oxygen atoms in total. The fourth-order valence-corrected chi connectivity index (χ4v) is 8.93. The molecule has 0 unspecified atom stereocenters. The number of hydrogen-bond donors (Lipinski definition) is 1. The summed E-state index contributed by atoms with van der Waals surface area (Å²) in [5.41, 5.74) is 0.465. The first-order valence-electron chi connectivity index (χ1n) is 18.8. The molecular formula is C40H58N4O7STb52. The van der Waals surface area contributed by atoms with Gasteiger partial charge < -0.3 is 19.7 Å². The van der Waals surface area contributed by atoms with Crippen molar-refractivity contribution in [3.05, 3.63) is 52.0 Å². The summed E-state index contributed by atoms with van der Waals surface area (Å²) >= 11 is 1.23. The Morgan fingerprint density at radius 3 is 1.18 bits per heavy atom. The molecular weight excluding hydrogens is 8940 g/mol. The molecule has 52 radical (unpaired) electrons. The van der Waals surface area contributed by atoms with E-state index in [0.29, 0.717) is 30.7 Å². The number of thiazole rings is 1. The smallest absolute Gasteiger partial charge is 0.308 e. The fourth-order valence-electron chi connectivity index (χ4n) is 8.09. The molecule has 2 heterocycles. The molecule has 1 saturated heterocycles. The molecule has 1 aromatic heterocycles. The van der Waals surface area contributed by atoms with E-state index in [1.165, 1.54) is 25.4 Å². The minimum atomic E-state index is -0.789. The Hall–Kier alpha value is 63.2. The number of ether oxygens (including phenoxy) is 2. The first kappa shape index (κ1) is 331. The molecule has 64 heteroatoms. The normalized spacial score (nSPS) is 9.83. The topological polar surface area (TPSA) is 135 Å². The second kappa shape index (κ2) is 231. The van der Waals surface area contributed by atoms with E-state index in [2.05, 4.69) is 15.2 Å². The van der Waals surface area contributed by atoms with Gasteiger partial charge in [0, 0.05) is 2050 Å². The molecule has 2 fully saturated rings. The van der Waals surface area contributed by atoms with Crippen molar-refractivity contribution < 1.29 is 2040 Å². The molecule has 0 bridgehead atoms. The van der Waals surface area contributed by atoms with E-state index < -0.39 is 29.3 Å². The average molecular weight is 9000 g/mol. The van der Waals surface area contributed by atoms with Crippen LogP contribution in [0.1, 0.15) is 119 Å². The van der Waals surface area contributed by atoms with Crippen LogP contribution < -0.4 is 5.32 Å². The predicted octanol–water partition coefficient (Wildman–Crippen LogP) is 6.16. The quantitative estimate of drug-likeness (QED) is 0.185. The molecule has 2 aliphatic rings. The molecule has 104 heavy (non-hydrogen) atoms. The van der Waals surface area contributed by atoms with Crippen LogP contribution >= 0.6 is 11.3 Å². The molecule has 4 rings (SSSR count). The number of rotatable bonds is 17. The Morgan fingerprint density at radius 2 is 0.875 bits per heavy atom. The summed E-state index contributed by atoms with van der Waals surface area (Å²) in [7, 11) is 5.16. The van der Waals surface area contributed by atoms with Crippen molar-refractivity contribution in [1.82, 2.24) is 20.1 Å². The Bertz CT molecular complexity index is 1630. The van der Waals surface area contributed by atoms with Crippen molar-refractivity contribution in [1.29, 1.82) is 0 Å². The number of amides is 2. The van der Waals surface area contributed by atoms with Gasteiger partial charge in [-0.25, -0.2) is 4.98 Å². The largest absolute Gasteiger partial charge is 0.469 e. The van der Waals surface area contributed by atoms with Crippen LogP contribution in [0, 0.1) is 2030 Å². The third-order valence-corrected chi connectivity index (χ3v) is 11.9. The Morgan fingerprint density at radius 1 is 0.529 bits per heavy atom. The van der Waals surface area contributed by atoms with E-state index in [9.17, 15) is 24.0 Å². The molecule has 754 valence electrons. The fraction of sp³-hybridized carbons (Fsp3) is 0.650. The number of aromatic nitrogens is 1. The van der Waals surface area contributed by atoms with Crippen LogP contribution in [0.4, 0.5) is 0 Å². The standard InChI is InChI=1S/C40H58N4O7S.52Tb/c1-26(2)33(44(6)39(49)40(18-12-13-19-40)24-34(46)32-17-11-14-20-43(32)5)23-35(51-28(4)45)37-42-31(25-52-37)36(47)41-30(21-27(3)38(48)50-7)22-29-15-9-8-10-16-29;;;;;;;;;;;;;;;;;;;;;;;;;;;;;;;;;;;;;;;;;;;;;;;;;;;;/h8-10,15-16,25-27,30,32-33,35H,11-14,17-24H2,1-7H3,(H,41,47);;;;;;;;;;;;;;;;;;;;;;;;;;;;;;;;;;;;;;;;;;;;;;;;;;;;/t27-,30+,32+,33+,35+;;;;;;;;;;;;;;;;;;;;;;;;;;;;;;;;;;;;;;;;;;;;;;;;;;;;/m0..................................................../s1. The summed E-state index contributed by atoms with van der Waals surface area (Å²) in [5.74, 6) is -1.53. The molecule has 1 N–H and O–H groups in total. The van der Waals surface area contributed by atoms with Crippen LogP contribution in [0.15, 0.2) is 35.7 Å². The third kappa shape index (κ3) is 171. The minimum Gasteiger partial charge on any atom is -0.469 e. The zero-order valence-electron chi connectivity index (χ0n) is 49.4. The first-order chi connectivity index (χ1) is 24.7. The van der Waals surface area contributed by atoms with E-state index in [-0.39, 0.29) is 2070 Å². The zero-order valence-corrected chi connectivity index (χ0v) is 161. The number of piperidine rings is 1. The Balaban J connectivity index is -0.0000000124. The zero-order chi connectivity index (χ0) is 38.0. The van der Waals surface area contributed by atoms with Crippen LogP contribution in [0.2, 0.25) is 0 Å². The van der Waals surface area contributed by atoms with Crippen LogP contribution in [0.25, 0.3) is 0 Å². The summed E-state index contributed by atoms with van der Waals surface area (Å²) in [5, 5.41) is 5.16. The van der Waals surface area contributed by atoms with Gasteiger partial charge >= 0.3 is 11.9 Å². The van der Waals surface area contributed by atoms with Crippen LogP contribution in [0.5, 0.6) is 0 Å². The van der Waals surface area contributed by atoms with E-state index >= 15 is 0 Å². The molecule has 0 spiro atoms. The van der Waals surface area contributed by atoms with Gasteiger partial charge in [0.2, 0.25) is 5.91 Å². The summed E-state index contributed by atoms with van der Waals surface area (Å²) in [4.78, 5) is 74.9. The van der Waals surface area contributed by atoms with Gasteiger partial charge in [-0.2, -0.15) is 0 Å². The average Bonchev–Trinajstić information content (AvgIpc) is 3.80. The predicted molar refractivity (Wildman–Crippen MR) is 201 cm³/mol. The number of carbonyl (C=O) groups is 5. The summed E-state index contributed by atoms with van der Waals surface area (Å²) in [6.07, 6.45) is 6.78. The van der Waals surface area contributed by atoms with Gasteiger partial charge in [0.25, 0.3) is 5.91 Å². The van der Waals surface area contributed by atoms with Crippen LogP contribution in [-0.2, 0) is 35.1 Å². The maximum absolute atomic E-state index is 14.5. The number of likely N-dealkylation sites (tertiary alicyclic amines) is 1. The number of methoxy groups -OCH3 is 1. The second-order valence-corrected chi connectivity index (χ2v) is 16.2. The number of esters is 2. The molecule has 2 amide bonds. The van der Waals surface area contributed by atoms with Gasteiger partial charge in [-0.15, -0.1) is 11.3 Å². The number of nitrogens with one attached hydrogen (secondary N) is 1. The van der Waals surface area contributed by atoms with E-state index in [0.717, 1.165) is 44.2 Å². The number of hydrogen-bond acceptors (Lipinski definition) is 10. The van der Waals surface area contributed by atoms with Gasteiger partial charge in [0.1, 0.15) is 10.7 Å². The van der Waals surface area contributed by atoms with Crippen LogP contribution in [0.3, 0.4) is 0 Å². The van der Waals surface area contributed by atoms with E-state index in [4.69, 9.17) is 9.47 Å². The Labute approximate surface area is 2230 Å². The van der Waals surface area contributed by atoms with E-state index in [1.807, 2.05) is 51.2 Å². The Kier molecular flexibility index (Phi) is 734. The molecule has 1 aromatic carbocycles. The van der Waals surface area contributed by atoms with Crippen molar-refractivity contribution >= 4 is 40.9 Å². The maximum atomic E-state index is 14.5. The number of nitrogens with zero attached hydrogens (tertiary/aromatic N) is 3. The number of ketones is 1. The van der Waals surface area contributed by atoms with Gasteiger partial charge in [-0.3, -0.25) is 28.9 Å². The molecule has 1 aliphatic carbocycles. The number of Topliss-reactive ketones (excluding diaryl/α,β-unsaturated/α-hetero) is 1. The third-order valence-electron chi connectivity index (χ3n) is 11.0. The minimum absolute atomic E-state index is 0. The summed E-state index contributed by atoms with van der Waals surface area (Å²) < 4.78 is 10.8. The van der Waals surface area contributed by atoms with E-state index in [1.54, 1.807) is 24.3 Å². The van der Waals surface area contributed by atoms with Crippen molar-refractivity contribution in [2.75, 3.05) is 27.7 Å². The van der Waals surface area contributed by atoms with Crippen molar-refractivity contribution in [2.45, 2.75) is 123 Å². The first-order valence-corrected chi connectivity index (χ1v) is 19.7. The number of carbonyl (C=O) groups excluding carboxylic acids is 5. The number of likely N-dealkylation sites (N-methyl/N-ethyl adjacent to an activating group) is 1. The number of benzene rings is 1. The maximum Gasteiger partial charge on any atom is 0.308 e. The second-order valence-electron chi connectivity index (χ2n) is 15.3.